The van der Waals surface area contributed by atoms with Gasteiger partial charge in [-0.15, -0.1) is 0 Å². The minimum Gasteiger partial charge on any atom is -0.457 e. The second-order valence-electron chi connectivity index (χ2n) is 5.84. The third kappa shape index (κ3) is 3.83. The van der Waals surface area contributed by atoms with Gasteiger partial charge in [0.15, 0.2) is 5.78 Å². The first-order chi connectivity index (χ1) is 11.7. The van der Waals surface area contributed by atoms with Gasteiger partial charge in [0.2, 0.25) is 6.79 Å². The van der Waals surface area contributed by atoms with Gasteiger partial charge in [-0.2, -0.15) is 0 Å². The molecular formula is C18H20O6. The maximum absolute atomic E-state index is 12.4. The molecule has 2 aliphatic rings. The van der Waals surface area contributed by atoms with Crippen LogP contribution in [-0.4, -0.2) is 44.0 Å². The number of hydrogen-bond donors (Lipinski definition) is 0. The van der Waals surface area contributed by atoms with Crippen molar-refractivity contribution in [2.45, 2.75) is 25.0 Å². The molecule has 2 saturated heterocycles. The Morgan fingerprint density at radius 2 is 2.04 bits per heavy atom. The summed E-state index contributed by atoms with van der Waals surface area (Å²) in [6.45, 7) is 4.39. The van der Waals surface area contributed by atoms with Crippen LogP contribution in [0.5, 0.6) is 5.75 Å². The normalized spacial score (nSPS) is 25.1. The molecule has 1 aromatic carbocycles. The maximum Gasteiger partial charge on any atom is 0.333 e. The van der Waals surface area contributed by atoms with Gasteiger partial charge in [-0.3, -0.25) is 4.79 Å². The molecule has 1 aromatic rings. The molecule has 6 nitrogen and oxygen atoms in total. The van der Waals surface area contributed by atoms with E-state index in [0.717, 1.165) is 12.5 Å². The Kier molecular flexibility index (Phi) is 5.27. The monoisotopic (exact) mass is 332 g/mol. The number of rotatable bonds is 7. The number of Topliss-reactive ketones (excluding diaryl/α,β-unsaturated/α-hetero) is 1. The van der Waals surface area contributed by atoms with Gasteiger partial charge in [-0.05, 0) is 30.7 Å². The minimum absolute atomic E-state index is 0.0519. The summed E-state index contributed by atoms with van der Waals surface area (Å²) < 4.78 is 21.3. The molecule has 0 N–H and O–H groups in total. The van der Waals surface area contributed by atoms with Gasteiger partial charge < -0.3 is 18.9 Å². The molecule has 0 aromatic heterocycles. The van der Waals surface area contributed by atoms with Crippen molar-refractivity contribution in [3.63, 3.8) is 0 Å². The molecule has 24 heavy (non-hydrogen) atoms. The Labute approximate surface area is 140 Å². The molecule has 6 heteroatoms. The molecule has 3 rings (SSSR count). The summed E-state index contributed by atoms with van der Waals surface area (Å²) >= 11 is 0. The molecule has 0 aliphatic carbocycles. The van der Waals surface area contributed by atoms with E-state index in [9.17, 15) is 9.59 Å². The fourth-order valence-electron chi connectivity index (χ4n) is 3.03. The summed E-state index contributed by atoms with van der Waals surface area (Å²) in [7, 11) is 0. The lowest BCUT2D eigenvalue weighted by molar-refractivity contribution is -0.144. The number of ketones is 1. The van der Waals surface area contributed by atoms with Crippen LogP contribution in [0, 0.1) is 5.92 Å². The first-order valence-electron chi connectivity index (χ1n) is 7.96. The van der Waals surface area contributed by atoms with Gasteiger partial charge in [0, 0.05) is 30.6 Å². The molecule has 0 spiro atoms. The average molecular weight is 332 g/mol. The second-order valence-corrected chi connectivity index (χ2v) is 5.84. The van der Waals surface area contributed by atoms with Crippen molar-refractivity contribution in [1.82, 2.24) is 0 Å². The summed E-state index contributed by atoms with van der Waals surface area (Å²) in [4.78, 5) is 23.3. The van der Waals surface area contributed by atoms with Crippen LogP contribution < -0.4 is 4.74 Å². The quantitative estimate of drug-likeness (QED) is 0.330. The van der Waals surface area contributed by atoms with E-state index in [1.165, 1.54) is 0 Å². The standard InChI is InChI=1S/C18H20O6/c1-2-17(20)24-11-23-14-5-3-12(4-6-14)15(19)9-13-10-22-16-7-8-21-18(13)16/h2-6,13,16,18H,1,7-11H2/t13-,16-,18-/m0/s1. The highest BCUT2D eigenvalue weighted by atomic mass is 16.7. The fourth-order valence-corrected chi connectivity index (χ4v) is 3.03. The second kappa shape index (κ2) is 7.59. The summed E-state index contributed by atoms with van der Waals surface area (Å²) in [6, 6.07) is 6.76. The number of hydrogen-bond acceptors (Lipinski definition) is 6. The van der Waals surface area contributed by atoms with Crippen LogP contribution in [0.3, 0.4) is 0 Å². The summed E-state index contributed by atoms with van der Waals surface area (Å²) in [5.74, 6) is 0.156. The Balaban J connectivity index is 1.50. The van der Waals surface area contributed by atoms with Crippen LogP contribution in [0.15, 0.2) is 36.9 Å². The summed E-state index contributed by atoms with van der Waals surface area (Å²) in [5.41, 5.74) is 0.617. The number of carbonyl (C=O) groups excluding carboxylic acids is 2. The highest BCUT2D eigenvalue weighted by molar-refractivity contribution is 5.96. The lowest BCUT2D eigenvalue weighted by atomic mass is 9.93. The van der Waals surface area contributed by atoms with Crippen molar-refractivity contribution in [1.29, 1.82) is 0 Å². The van der Waals surface area contributed by atoms with Crippen LogP contribution in [0.1, 0.15) is 23.2 Å². The smallest absolute Gasteiger partial charge is 0.333 e. The molecule has 128 valence electrons. The number of ether oxygens (including phenoxy) is 4. The van der Waals surface area contributed by atoms with E-state index in [1.54, 1.807) is 24.3 Å². The zero-order chi connectivity index (χ0) is 16.9. The Hall–Kier alpha value is -2.18. The predicted octanol–water partition coefficient (Wildman–Crippen LogP) is 2.13. The molecule has 0 bridgehead atoms. The van der Waals surface area contributed by atoms with Crippen LogP contribution in [0.2, 0.25) is 0 Å². The van der Waals surface area contributed by atoms with Gasteiger partial charge in [-0.25, -0.2) is 4.79 Å². The van der Waals surface area contributed by atoms with E-state index in [4.69, 9.17) is 18.9 Å². The van der Waals surface area contributed by atoms with E-state index in [-0.39, 0.29) is 30.7 Å². The number of carbonyl (C=O) groups is 2. The van der Waals surface area contributed by atoms with Crippen molar-refractivity contribution in [3.8, 4) is 5.75 Å². The minimum atomic E-state index is -0.548. The van der Waals surface area contributed by atoms with Gasteiger partial charge >= 0.3 is 5.97 Å². The molecule has 3 atom stereocenters. The van der Waals surface area contributed by atoms with Crippen molar-refractivity contribution in [2.24, 2.45) is 5.92 Å². The van der Waals surface area contributed by atoms with Crippen molar-refractivity contribution in [2.75, 3.05) is 20.0 Å². The van der Waals surface area contributed by atoms with Crippen molar-refractivity contribution < 1.29 is 28.5 Å². The highest BCUT2D eigenvalue weighted by Gasteiger charge is 2.42. The molecule has 2 fully saturated rings. The molecule has 0 unspecified atom stereocenters. The summed E-state index contributed by atoms with van der Waals surface area (Å²) in [6.07, 6.45) is 2.60. The average Bonchev–Trinajstić information content (AvgIpc) is 3.20. The third-order valence-corrected chi connectivity index (χ3v) is 4.29. The topological polar surface area (TPSA) is 71.1 Å². The first-order valence-corrected chi connectivity index (χ1v) is 7.96. The maximum atomic E-state index is 12.4. The van der Waals surface area contributed by atoms with E-state index < -0.39 is 5.97 Å². The van der Waals surface area contributed by atoms with Gasteiger partial charge in [0.1, 0.15) is 5.75 Å². The lowest BCUT2D eigenvalue weighted by Gasteiger charge is -2.15. The molecule has 0 radical (unpaired) electrons. The van der Waals surface area contributed by atoms with Crippen LogP contribution in [0.4, 0.5) is 0 Å². The molecular weight excluding hydrogens is 312 g/mol. The number of fused-ring (bicyclic) bond motifs is 1. The van der Waals surface area contributed by atoms with E-state index >= 15 is 0 Å². The molecule has 2 aliphatic heterocycles. The van der Waals surface area contributed by atoms with E-state index in [2.05, 4.69) is 6.58 Å². The van der Waals surface area contributed by atoms with Gasteiger partial charge in [0.25, 0.3) is 0 Å². The number of esters is 1. The van der Waals surface area contributed by atoms with Crippen LogP contribution in [-0.2, 0) is 19.0 Å². The molecule has 0 amide bonds. The van der Waals surface area contributed by atoms with Crippen molar-refractivity contribution >= 4 is 11.8 Å². The predicted molar refractivity (Wildman–Crippen MR) is 84.8 cm³/mol. The Morgan fingerprint density at radius 3 is 2.79 bits per heavy atom. The zero-order valence-corrected chi connectivity index (χ0v) is 13.3. The Bertz CT molecular complexity index is 608. The molecule has 0 saturated carbocycles. The summed E-state index contributed by atoms with van der Waals surface area (Å²) in [5, 5.41) is 0. The largest absolute Gasteiger partial charge is 0.457 e. The first kappa shape index (κ1) is 16.7. The van der Waals surface area contributed by atoms with Crippen LogP contribution >= 0.6 is 0 Å². The molecule has 2 heterocycles. The van der Waals surface area contributed by atoms with Crippen LogP contribution in [0.25, 0.3) is 0 Å². The lowest BCUT2D eigenvalue weighted by Crippen LogP contribution is -2.24. The van der Waals surface area contributed by atoms with Crippen molar-refractivity contribution in [3.05, 3.63) is 42.5 Å². The van der Waals surface area contributed by atoms with Gasteiger partial charge in [0.05, 0.1) is 18.8 Å². The Morgan fingerprint density at radius 1 is 1.25 bits per heavy atom. The van der Waals surface area contributed by atoms with Gasteiger partial charge in [-0.1, -0.05) is 6.58 Å². The zero-order valence-electron chi connectivity index (χ0n) is 13.3. The SMILES string of the molecule is C=CC(=O)OCOc1ccc(C(=O)C[C@H]2CO[C@H]3CCO[C@@H]23)cc1. The highest BCUT2D eigenvalue weighted by Crippen LogP contribution is 2.33. The van der Waals surface area contributed by atoms with E-state index in [1.807, 2.05) is 0 Å². The fraction of sp³-hybridized carbons (Fsp3) is 0.444. The van der Waals surface area contributed by atoms with E-state index in [0.29, 0.717) is 30.9 Å². The number of benzene rings is 1. The third-order valence-electron chi connectivity index (χ3n) is 4.29.